The fourth-order valence-corrected chi connectivity index (χ4v) is 3.35. The lowest BCUT2D eigenvalue weighted by atomic mass is 10.0. The van der Waals surface area contributed by atoms with Crippen LogP contribution in [0.1, 0.15) is 58.3 Å². The Labute approximate surface area is 135 Å². The van der Waals surface area contributed by atoms with Gasteiger partial charge in [-0.05, 0) is 38.5 Å². The van der Waals surface area contributed by atoms with Gasteiger partial charge in [0.15, 0.2) is 5.96 Å². The van der Waals surface area contributed by atoms with Crippen LogP contribution in [0.5, 0.6) is 0 Å². The highest BCUT2D eigenvalue weighted by atomic mass is 16.5. The van der Waals surface area contributed by atoms with Crippen molar-refractivity contribution in [3.05, 3.63) is 11.6 Å². The molecule has 1 fully saturated rings. The molecule has 0 aromatic rings. The molecule has 1 saturated carbocycles. The Hall–Kier alpha value is -1.03. The first kappa shape index (κ1) is 17.3. The first-order valence-electron chi connectivity index (χ1n) is 9.16. The molecule has 1 aliphatic heterocycles. The highest BCUT2D eigenvalue weighted by Crippen LogP contribution is 2.28. The van der Waals surface area contributed by atoms with Crippen LogP contribution in [-0.4, -0.2) is 38.8 Å². The number of aliphatic imine (C=N–C) groups is 1. The Kier molecular flexibility index (Phi) is 8.39. The van der Waals surface area contributed by atoms with Crippen LogP contribution >= 0.6 is 0 Å². The van der Waals surface area contributed by atoms with Gasteiger partial charge in [0.2, 0.25) is 0 Å². The average molecular weight is 307 g/mol. The van der Waals surface area contributed by atoms with E-state index in [1.807, 2.05) is 0 Å². The van der Waals surface area contributed by atoms with E-state index in [1.165, 1.54) is 44.1 Å². The van der Waals surface area contributed by atoms with Crippen LogP contribution in [0.25, 0.3) is 0 Å². The maximum atomic E-state index is 5.34. The third-order valence-corrected chi connectivity index (χ3v) is 4.66. The van der Waals surface area contributed by atoms with Gasteiger partial charge in [-0.1, -0.05) is 37.3 Å². The summed E-state index contributed by atoms with van der Waals surface area (Å²) in [7, 11) is 0. The molecule has 0 aromatic carbocycles. The first-order chi connectivity index (χ1) is 10.9. The molecule has 4 nitrogen and oxygen atoms in total. The van der Waals surface area contributed by atoms with Gasteiger partial charge in [0.25, 0.3) is 0 Å². The van der Waals surface area contributed by atoms with E-state index >= 15 is 0 Å². The highest BCUT2D eigenvalue weighted by Gasteiger charge is 2.13. The van der Waals surface area contributed by atoms with Crippen molar-refractivity contribution in [2.75, 3.05) is 32.8 Å². The number of hydrogen-bond donors (Lipinski definition) is 2. The summed E-state index contributed by atoms with van der Waals surface area (Å²) < 4.78 is 5.34. The minimum absolute atomic E-state index is 0.782. The second-order valence-corrected chi connectivity index (χ2v) is 6.42. The molecular formula is C18H33N3O. The van der Waals surface area contributed by atoms with Crippen LogP contribution < -0.4 is 10.6 Å². The number of guanidine groups is 1. The van der Waals surface area contributed by atoms with E-state index in [9.17, 15) is 0 Å². The lowest BCUT2D eigenvalue weighted by molar-refractivity contribution is 0.153. The molecule has 0 unspecified atom stereocenters. The van der Waals surface area contributed by atoms with E-state index in [0.29, 0.717) is 0 Å². The van der Waals surface area contributed by atoms with Crippen LogP contribution in [0.2, 0.25) is 0 Å². The fraction of sp³-hybridized carbons (Fsp3) is 0.833. The van der Waals surface area contributed by atoms with Crippen molar-refractivity contribution < 1.29 is 4.74 Å². The van der Waals surface area contributed by atoms with E-state index < -0.39 is 0 Å². The minimum Gasteiger partial charge on any atom is -0.377 e. The molecule has 2 N–H and O–H groups in total. The standard InChI is InChI=1S/C18H33N3O/c1-2-19-18(20-12-5-8-16-6-3-4-7-16)21-13-9-17-10-14-22-15-11-17/h10,16H,2-9,11-15H2,1H3,(H2,19,20,21). The van der Waals surface area contributed by atoms with E-state index in [4.69, 9.17) is 9.73 Å². The zero-order chi connectivity index (χ0) is 15.5. The van der Waals surface area contributed by atoms with Gasteiger partial charge in [0, 0.05) is 19.6 Å². The molecule has 0 saturated heterocycles. The molecule has 1 heterocycles. The van der Waals surface area contributed by atoms with Gasteiger partial charge in [-0.3, -0.25) is 4.99 Å². The summed E-state index contributed by atoms with van der Waals surface area (Å²) in [5.41, 5.74) is 1.51. The third-order valence-electron chi connectivity index (χ3n) is 4.66. The Bertz CT molecular complexity index is 359. The SMILES string of the molecule is CCNC(=NCCCC1CCCC1)NCCC1=CCOCC1. The molecule has 126 valence electrons. The Morgan fingerprint density at radius 2 is 2.18 bits per heavy atom. The third kappa shape index (κ3) is 6.82. The summed E-state index contributed by atoms with van der Waals surface area (Å²) in [6.07, 6.45) is 12.8. The maximum Gasteiger partial charge on any atom is 0.191 e. The summed E-state index contributed by atoms with van der Waals surface area (Å²) in [6, 6.07) is 0. The lowest BCUT2D eigenvalue weighted by Crippen LogP contribution is -2.38. The minimum atomic E-state index is 0.782. The van der Waals surface area contributed by atoms with Crippen molar-refractivity contribution in [3.8, 4) is 0 Å². The second-order valence-electron chi connectivity index (χ2n) is 6.42. The van der Waals surface area contributed by atoms with Gasteiger partial charge in [0.05, 0.1) is 13.2 Å². The van der Waals surface area contributed by atoms with Gasteiger partial charge >= 0.3 is 0 Å². The normalized spacial score (nSPS) is 20.0. The van der Waals surface area contributed by atoms with Crippen LogP contribution in [0.4, 0.5) is 0 Å². The van der Waals surface area contributed by atoms with E-state index in [2.05, 4.69) is 23.6 Å². The summed E-state index contributed by atoms with van der Waals surface area (Å²) in [6.45, 7) is 6.61. The van der Waals surface area contributed by atoms with Crippen molar-refractivity contribution in [2.45, 2.75) is 58.3 Å². The number of ether oxygens (including phenoxy) is 1. The summed E-state index contributed by atoms with van der Waals surface area (Å²) in [5.74, 6) is 1.95. The van der Waals surface area contributed by atoms with E-state index in [0.717, 1.165) is 57.6 Å². The predicted molar refractivity (Wildman–Crippen MR) is 93.3 cm³/mol. The molecule has 1 aliphatic carbocycles. The largest absolute Gasteiger partial charge is 0.377 e. The van der Waals surface area contributed by atoms with Crippen LogP contribution in [0, 0.1) is 5.92 Å². The molecule has 0 radical (unpaired) electrons. The van der Waals surface area contributed by atoms with Gasteiger partial charge in [-0.15, -0.1) is 0 Å². The van der Waals surface area contributed by atoms with Crippen molar-refractivity contribution >= 4 is 5.96 Å². The van der Waals surface area contributed by atoms with Crippen LogP contribution in [0.15, 0.2) is 16.6 Å². The molecule has 2 aliphatic rings. The molecule has 0 amide bonds. The molecule has 0 aromatic heterocycles. The maximum absolute atomic E-state index is 5.34. The van der Waals surface area contributed by atoms with Crippen LogP contribution in [0.3, 0.4) is 0 Å². The van der Waals surface area contributed by atoms with Gasteiger partial charge in [-0.2, -0.15) is 0 Å². The summed E-state index contributed by atoms with van der Waals surface area (Å²) >= 11 is 0. The van der Waals surface area contributed by atoms with Crippen molar-refractivity contribution in [3.63, 3.8) is 0 Å². The molecule has 4 heteroatoms. The molecule has 22 heavy (non-hydrogen) atoms. The number of rotatable bonds is 8. The van der Waals surface area contributed by atoms with Gasteiger partial charge < -0.3 is 15.4 Å². The Balaban J connectivity index is 1.61. The van der Waals surface area contributed by atoms with Crippen molar-refractivity contribution in [1.82, 2.24) is 10.6 Å². The molecule has 2 rings (SSSR count). The monoisotopic (exact) mass is 307 g/mol. The topological polar surface area (TPSA) is 45.7 Å². The predicted octanol–water partition coefficient (Wildman–Crippen LogP) is 3.25. The number of nitrogens with one attached hydrogen (secondary N) is 2. The zero-order valence-corrected chi connectivity index (χ0v) is 14.2. The quantitative estimate of drug-likeness (QED) is 0.313. The van der Waals surface area contributed by atoms with Crippen molar-refractivity contribution in [1.29, 1.82) is 0 Å². The van der Waals surface area contributed by atoms with Gasteiger partial charge in [-0.25, -0.2) is 0 Å². The van der Waals surface area contributed by atoms with Crippen LogP contribution in [-0.2, 0) is 4.74 Å². The summed E-state index contributed by atoms with van der Waals surface area (Å²) in [5, 5.41) is 6.80. The smallest absolute Gasteiger partial charge is 0.191 e. The van der Waals surface area contributed by atoms with E-state index in [-0.39, 0.29) is 0 Å². The molecule has 0 bridgehead atoms. The zero-order valence-electron chi connectivity index (χ0n) is 14.2. The average Bonchev–Trinajstić information content (AvgIpc) is 3.06. The lowest BCUT2D eigenvalue weighted by Gasteiger charge is -2.15. The number of hydrogen-bond acceptors (Lipinski definition) is 2. The Morgan fingerprint density at radius 3 is 2.91 bits per heavy atom. The molecule has 0 spiro atoms. The molecule has 0 atom stereocenters. The van der Waals surface area contributed by atoms with E-state index in [1.54, 1.807) is 0 Å². The fourth-order valence-electron chi connectivity index (χ4n) is 3.35. The van der Waals surface area contributed by atoms with Gasteiger partial charge in [0.1, 0.15) is 0 Å². The molecular weight excluding hydrogens is 274 g/mol. The van der Waals surface area contributed by atoms with Crippen molar-refractivity contribution in [2.24, 2.45) is 10.9 Å². The first-order valence-corrected chi connectivity index (χ1v) is 9.16. The highest BCUT2D eigenvalue weighted by molar-refractivity contribution is 5.79. The number of nitrogens with zero attached hydrogens (tertiary/aromatic N) is 1. The summed E-state index contributed by atoms with van der Waals surface area (Å²) in [4.78, 5) is 4.71. The Morgan fingerprint density at radius 1 is 1.32 bits per heavy atom. The second kappa shape index (κ2) is 10.7.